The molecule has 29 heavy (non-hydrogen) atoms. The highest BCUT2D eigenvalue weighted by Crippen LogP contribution is 2.21. The van der Waals surface area contributed by atoms with Crippen LogP contribution in [0.2, 0.25) is 0 Å². The minimum Gasteiger partial charge on any atom is -0.489 e. The topological polar surface area (TPSA) is 54.1 Å². The van der Waals surface area contributed by atoms with Crippen molar-refractivity contribution in [1.82, 2.24) is 4.98 Å². The second-order valence-corrected chi connectivity index (χ2v) is 6.68. The Bertz CT molecular complexity index is 1170. The first-order chi connectivity index (χ1) is 14.1. The zero-order valence-electron chi connectivity index (χ0n) is 15.4. The van der Waals surface area contributed by atoms with Crippen LogP contribution in [0.15, 0.2) is 72.9 Å². The van der Waals surface area contributed by atoms with E-state index in [0.717, 1.165) is 16.6 Å². The summed E-state index contributed by atoms with van der Waals surface area (Å²) in [6.07, 6.45) is 1.83. The maximum atomic E-state index is 13.5. The first kappa shape index (κ1) is 18.7. The van der Waals surface area contributed by atoms with E-state index in [9.17, 15) is 13.6 Å². The second kappa shape index (κ2) is 8.14. The van der Waals surface area contributed by atoms with Crippen LogP contribution in [-0.4, -0.2) is 10.9 Å². The Morgan fingerprint density at radius 2 is 1.79 bits per heavy atom. The van der Waals surface area contributed by atoms with Crippen LogP contribution in [0, 0.1) is 11.6 Å². The number of aromatic nitrogens is 1. The molecule has 1 heterocycles. The van der Waals surface area contributed by atoms with Gasteiger partial charge in [0.2, 0.25) is 5.91 Å². The SMILES string of the molecule is O=C(Cc1c[nH]c2ccc(F)cc12)Nc1cccc(COc2cccc(F)c2)c1. The predicted molar refractivity (Wildman–Crippen MR) is 108 cm³/mol. The molecule has 3 aromatic carbocycles. The number of ether oxygens (including phenoxy) is 1. The van der Waals surface area contributed by atoms with Gasteiger partial charge >= 0.3 is 0 Å². The molecule has 0 bridgehead atoms. The molecule has 4 rings (SSSR count). The quantitative estimate of drug-likeness (QED) is 0.474. The molecule has 0 atom stereocenters. The molecule has 0 radical (unpaired) electrons. The van der Waals surface area contributed by atoms with Gasteiger partial charge in [-0.25, -0.2) is 8.78 Å². The summed E-state index contributed by atoms with van der Waals surface area (Å²) in [7, 11) is 0. The number of hydrogen-bond acceptors (Lipinski definition) is 2. The first-order valence-electron chi connectivity index (χ1n) is 9.09. The Labute approximate surface area is 166 Å². The number of benzene rings is 3. The van der Waals surface area contributed by atoms with Crippen molar-refractivity contribution >= 4 is 22.5 Å². The van der Waals surface area contributed by atoms with E-state index in [0.29, 0.717) is 16.8 Å². The van der Waals surface area contributed by atoms with E-state index < -0.39 is 0 Å². The van der Waals surface area contributed by atoms with Gasteiger partial charge < -0.3 is 15.0 Å². The summed E-state index contributed by atoms with van der Waals surface area (Å²) in [6, 6.07) is 17.6. The van der Waals surface area contributed by atoms with Crippen molar-refractivity contribution in [3.8, 4) is 5.75 Å². The van der Waals surface area contributed by atoms with Crippen LogP contribution in [0.1, 0.15) is 11.1 Å². The summed E-state index contributed by atoms with van der Waals surface area (Å²) < 4.78 is 32.3. The smallest absolute Gasteiger partial charge is 0.228 e. The summed E-state index contributed by atoms with van der Waals surface area (Å²) >= 11 is 0. The number of carbonyl (C=O) groups is 1. The summed E-state index contributed by atoms with van der Waals surface area (Å²) in [5, 5.41) is 3.54. The van der Waals surface area contributed by atoms with Crippen molar-refractivity contribution < 1.29 is 18.3 Å². The van der Waals surface area contributed by atoms with Gasteiger partial charge in [-0.3, -0.25) is 4.79 Å². The number of rotatable bonds is 6. The lowest BCUT2D eigenvalue weighted by Gasteiger charge is -2.09. The largest absolute Gasteiger partial charge is 0.489 e. The number of anilines is 1. The van der Waals surface area contributed by atoms with Gasteiger partial charge in [0, 0.05) is 28.9 Å². The lowest BCUT2D eigenvalue weighted by atomic mass is 10.1. The van der Waals surface area contributed by atoms with Crippen molar-refractivity contribution in [2.75, 3.05) is 5.32 Å². The summed E-state index contributed by atoms with van der Waals surface area (Å²) in [4.78, 5) is 15.5. The highest BCUT2D eigenvalue weighted by Gasteiger charge is 2.10. The number of aromatic amines is 1. The number of H-pyrrole nitrogens is 1. The van der Waals surface area contributed by atoms with Crippen LogP contribution in [0.5, 0.6) is 5.75 Å². The maximum Gasteiger partial charge on any atom is 0.228 e. The standard InChI is InChI=1S/C23H18F2N2O2/c24-17-4-2-6-20(11-17)29-14-15-3-1-5-19(9-15)27-23(28)10-16-13-26-22-8-7-18(25)12-21(16)22/h1-9,11-13,26H,10,14H2,(H,27,28). The normalized spacial score (nSPS) is 10.8. The molecule has 146 valence electrons. The number of carbonyl (C=O) groups excluding carboxylic acids is 1. The molecule has 0 aliphatic rings. The van der Waals surface area contributed by atoms with Gasteiger partial charge in [-0.2, -0.15) is 0 Å². The molecular weight excluding hydrogens is 374 g/mol. The van der Waals surface area contributed by atoms with Crippen LogP contribution < -0.4 is 10.1 Å². The third kappa shape index (κ3) is 4.60. The summed E-state index contributed by atoms with van der Waals surface area (Å²) in [6.45, 7) is 0.245. The number of hydrogen-bond donors (Lipinski definition) is 2. The Kier molecular flexibility index (Phi) is 5.24. The molecule has 6 heteroatoms. The molecule has 0 fully saturated rings. The van der Waals surface area contributed by atoms with E-state index in [4.69, 9.17) is 4.74 Å². The Balaban J connectivity index is 1.40. The Morgan fingerprint density at radius 3 is 2.66 bits per heavy atom. The van der Waals surface area contributed by atoms with Crippen molar-refractivity contribution in [2.24, 2.45) is 0 Å². The number of amides is 1. The van der Waals surface area contributed by atoms with Crippen molar-refractivity contribution in [2.45, 2.75) is 13.0 Å². The summed E-state index contributed by atoms with van der Waals surface area (Å²) in [5.74, 6) is -0.477. The molecule has 0 aliphatic carbocycles. The molecule has 4 aromatic rings. The van der Waals surface area contributed by atoms with Gasteiger partial charge in [0.25, 0.3) is 0 Å². The molecule has 0 spiro atoms. The highest BCUT2D eigenvalue weighted by molar-refractivity contribution is 5.95. The average Bonchev–Trinajstić information content (AvgIpc) is 3.08. The fraction of sp³-hybridized carbons (Fsp3) is 0.0870. The molecule has 4 nitrogen and oxygen atoms in total. The van der Waals surface area contributed by atoms with Gasteiger partial charge in [-0.15, -0.1) is 0 Å². The lowest BCUT2D eigenvalue weighted by Crippen LogP contribution is -2.14. The molecule has 0 saturated carbocycles. The van der Waals surface area contributed by atoms with Crippen LogP contribution >= 0.6 is 0 Å². The number of nitrogens with one attached hydrogen (secondary N) is 2. The van der Waals surface area contributed by atoms with E-state index in [2.05, 4.69) is 10.3 Å². The third-order valence-electron chi connectivity index (χ3n) is 4.49. The Hall–Kier alpha value is -3.67. The van der Waals surface area contributed by atoms with Gasteiger partial charge in [0.15, 0.2) is 0 Å². The van der Waals surface area contributed by atoms with Gasteiger partial charge in [-0.05, 0) is 53.6 Å². The van der Waals surface area contributed by atoms with E-state index >= 15 is 0 Å². The Morgan fingerprint density at radius 1 is 0.966 bits per heavy atom. The molecule has 1 amide bonds. The van der Waals surface area contributed by atoms with Crippen LogP contribution in [0.4, 0.5) is 14.5 Å². The lowest BCUT2D eigenvalue weighted by molar-refractivity contribution is -0.115. The van der Waals surface area contributed by atoms with Gasteiger partial charge in [-0.1, -0.05) is 18.2 Å². The minimum atomic E-state index is -0.360. The van der Waals surface area contributed by atoms with Gasteiger partial charge in [0.05, 0.1) is 6.42 Å². The van der Waals surface area contributed by atoms with E-state index in [1.807, 2.05) is 6.07 Å². The van der Waals surface area contributed by atoms with E-state index in [-0.39, 0.29) is 30.6 Å². The van der Waals surface area contributed by atoms with Crippen molar-refractivity contribution in [1.29, 1.82) is 0 Å². The molecule has 0 saturated heterocycles. The average molecular weight is 392 g/mol. The van der Waals surface area contributed by atoms with Crippen LogP contribution in [0.25, 0.3) is 10.9 Å². The first-order valence-corrected chi connectivity index (χ1v) is 9.09. The van der Waals surface area contributed by atoms with E-state index in [1.54, 1.807) is 42.6 Å². The minimum absolute atomic E-state index is 0.119. The zero-order valence-corrected chi connectivity index (χ0v) is 15.4. The molecule has 0 unspecified atom stereocenters. The van der Waals surface area contributed by atoms with Crippen LogP contribution in [0.3, 0.4) is 0 Å². The molecule has 0 aliphatic heterocycles. The molecular formula is C23H18F2N2O2. The van der Waals surface area contributed by atoms with Crippen LogP contribution in [-0.2, 0) is 17.8 Å². The fourth-order valence-corrected chi connectivity index (χ4v) is 3.14. The molecule has 2 N–H and O–H groups in total. The van der Waals surface area contributed by atoms with Crippen molar-refractivity contribution in [3.05, 3.63) is 95.7 Å². The fourth-order valence-electron chi connectivity index (χ4n) is 3.14. The number of fused-ring (bicyclic) bond motifs is 1. The third-order valence-corrected chi connectivity index (χ3v) is 4.49. The zero-order chi connectivity index (χ0) is 20.2. The second-order valence-electron chi connectivity index (χ2n) is 6.68. The highest BCUT2D eigenvalue weighted by atomic mass is 19.1. The summed E-state index contributed by atoms with van der Waals surface area (Å²) in [5.41, 5.74) is 2.97. The predicted octanol–water partition coefficient (Wildman–Crippen LogP) is 5.21. The monoisotopic (exact) mass is 392 g/mol. The number of halogens is 2. The molecule has 1 aromatic heterocycles. The maximum absolute atomic E-state index is 13.5. The van der Waals surface area contributed by atoms with Crippen molar-refractivity contribution in [3.63, 3.8) is 0 Å². The van der Waals surface area contributed by atoms with E-state index in [1.165, 1.54) is 24.3 Å². The van der Waals surface area contributed by atoms with Gasteiger partial charge in [0.1, 0.15) is 24.0 Å².